The minimum Gasteiger partial charge on any atom is -0.371 e. The largest absolute Gasteiger partial charge is 0.371 e. The number of nitrogens with zero attached hydrogens (tertiary/aromatic N) is 2. The summed E-state index contributed by atoms with van der Waals surface area (Å²) in [7, 11) is 0. The summed E-state index contributed by atoms with van der Waals surface area (Å²) in [6.07, 6.45) is 0. The molecule has 0 bridgehead atoms. The number of hydrogen-bond donors (Lipinski definition) is 0. The van der Waals surface area contributed by atoms with E-state index in [2.05, 4.69) is 0 Å². The highest BCUT2D eigenvalue weighted by atomic mass is 16.5. The van der Waals surface area contributed by atoms with Gasteiger partial charge in [-0.15, -0.1) is 0 Å². The van der Waals surface area contributed by atoms with Crippen molar-refractivity contribution in [3.8, 4) is 11.1 Å². The Hall–Kier alpha value is -3.08. The zero-order valence-electron chi connectivity index (χ0n) is 14.5. The lowest BCUT2D eigenvalue weighted by Gasteiger charge is -2.25. The van der Waals surface area contributed by atoms with Crippen LogP contribution in [0.25, 0.3) is 11.1 Å². The van der Waals surface area contributed by atoms with Crippen LogP contribution in [0.4, 0.5) is 10.5 Å². The highest BCUT2D eigenvalue weighted by Crippen LogP contribution is 2.22. The van der Waals surface area contributed by atoms with Crippen LogP contribution in [0, 0.1) is 6.92 Å². The van der Waals surface area contributed by atoms with Gasteiger partial charge < -0.3 is 4.52 Å². The van der Waals surface area contributed by atoms with Crippen LogP contribution in [0.5, 0.6) is 0 Å². The molecule has 0 aliphatic rings. The molecule has 0 aliphatic carbocycles. The third-order valence-electron chi connectivity index (χ3n) is 3.97. The van der Waals surface area contributed by atoms with E-state index in [-0.39, 0.29) is 6.04 Å². The first-order chi connectivity index (χ1) is 12.0. The molecule has 1 aromatic heterocycles. The van der Waals surface area contributed by atoms with Gasteiger partial charge in [-0.3, -0.25) is 9.69 Å². The minimum atomic E-state index is -0.503. The molecule has 0 saturated heterocycles. The highest BCUT2D eigenvalue weighted by molar-refractivity contribution is 5.93. The number of hydrogen-bond acceptors (Lipinski definition) is 3. The van der Waals surface area contributed by atoms with E-state index in [1.54, 1.807) is 11.8 Å². The van der Waals surface area contributed by atoms with Gasteiger partial charge in [0.25, 0.3) is 5.56 Å². The van der Waals surface area contributed by atoms with Gasteiger partial charge in [0, 0.05) is 11.7 Å². The van der Waals surface area contributed by atoms with Crippen LogP contribution in [0.1, 0.15) is 19.6 Å². The van der Waals surface area contributed by atoms with Crippen molar-refractivity contribution in [3.63, 3.8) is 0 Å². The SMILES string of the molecule is Cc1on(C(=O)N(c2ccccc2)C(C)C)c(=O)c1-c1ccccc1. The molecule has 0 radical (unpaired) electrons. The predicted octanol–water partition coefficient (Wildman–Crippen LogP) is 4.30. The summed E-state index contributed by atoms with van der Waals surface area (Å²) < 4.78 is 6.37. The van der Waals surface area contributed by atoms with Gasteiger partial charge in [0.05, 0.1) is 5.56 Å². The smallest absolute Gasteiger partial charge is 0.365 e. The average Bonchev–Trinajstić information content (AvgIpc) is 2.91. The Morgan fingerprint density at radius 2 is 1.56 bits per heavy atom. The van der Waals surface area contributed by atoms with Crippen LogP contribution in [-0.2, 0) is 0 Å². The first-order valence-corrected chi connectivity index (χ1v) is 8.17. The van der Waals surface area contributed by atoms with Crippen molar-refractivity contribution in [3.05, 3.63) is 76.8 Å². The van der Waals surface area contributed by atoms with Gasteiger partial charge in [-0.25, -0.2) is 4.79 Å². The Bertz CT molecular complexity index is 925. The maximum atomic E-state index is 13.0. The summed E-state index contributed by atoms with van der Waals surface area (Å²) in [5, 5.41) is 0. The lowest BCUT2D eigenvalue weighted by atomic mass is 10.1. The molecule has 0 unspecified atom stereocenters. The molecule has 0 N–H and O–H groups in total. The van der Waals surface area contributed by atoms with E-state index in [1.165, 1.54) is 0 Å². The van der Waals surface area contributed by atoms with Crippen molar-refractivity contribution >= 4 is 11.7 Å². The van der Waals surface area contributed by atoms with E-state index in [0.717, 1.165) is 10.3 Å². The molecular formula is C20H20N2O3. The van der Waals surface area contributed by atoms with E-state index < -0.39 is 11.6 Å². The first kappa shape index (κ1) is 16.8. The van der Waals surface area contributed by atoms with Crippen molar-refractivity contribution in [1.82, 2.24) is 4.74 Å². The average molecular weight is 336 g/mol. The van der Waals surface area contributed by atoms with Gasteiger partial charge in [-0.2, -0.15) is 0 Å². The standard InChI is InChI=1S/C20H20N2O3/c1-14(2)21(17-12-8-5-9-13-17)20(24)22-19(23)18(15(3)25-22)16-10-6-4-7-11-16/h4-14H,1-3H3. The summed E-state index contributed by atoms with van der Waals surface area (Å²) in [6.45, 7) is 5.48. The summed E-state index contributed by atoms with van der Waals surface area (Å²) in [6, 6.07) is 17.8. The Kier molecular flexibility index (Phi) is 4.57. The van der Waals surface area contributed by atoms with Crippen molar-refractivity contribution in [2.45, 2.75) is 26.8 Å². The molecule has 5 nitrogen and oxygen atoms in total. The van der Waals surface area contributed by atoms with Crippen molar-refractivity contribution in [2.75, 3.05) is 4.90 Å². The number of carbonyl (C=O) groups is 1. The van der Waals surface area contributed by atoms with E-state index >= 15 is 0 Å². The lowest BCUT2D eigenvalue weighted by Crippen LogP contribution is -2.42. The molecule has 128 valence electrons. The van der Waals surface area contributed by atoms with Gasteiger partial charge in [-0.1, -0.05) is 53.3 Å². The fraction of sp³-hybridized carbons (Fsp3) is 0.200. The highest BCUT2D eigenvalue weighted by Gasteiger charge is 2.27. The molecule has 2 aromatic carbocycles. The predicted molar refractivity (Wildman–Crippen MR) is 98.0 cm³/mol. The molecule has 3 rings (SSSR count). The summed E-state index contributed by atoms with van der Waals surface area (Å²) >= 11 is 0. The zero-order chi connectivity index (χ0) is 18.0. The summed E-state index contributed by atoms with van der Waals surface area (Å²) in [5.74, 6) is 0.418. The third-order valence-corrected chi connectivity index (χ3v) is 3.97. The van der Waals surface area contributed by atoms with Crippen LogP contribution in [0.15, 0.2) is 70.0 Å². The fourth-order valence-electron chi connectivity index (χ4n) is 2.85. The normalized spacial score (nSPS) is 10.9. The Morgan fingerprint density at radius 3 is 2.12 bits per heavy atom. The number of aromatic nitrogens is 1. The van der Waals surface area contributed by atoms with Crippen LogP contribution in [0.2, 0.25) is 0 Å². The molecule has 0 aliphatic heterocycles. The quantitative estimate of drug-likeness (QED) is 0.716. The molecule has 1 heterocycles. The summed E-state index contributed by atoms with van der Waals surface area (Å²) in [5.41, 5.74) is 1.40. The molecule has 0 saturated carbocycles. The van der Waals surface area contributed by atoms with E-state index in [9.17, 15) is 9.59 Å². The molecule has 0 atom stereocenters. The van der Waals surface area contributed by atoms with Crippen LogP contribution in [0.3, 0.4) is 0 Å². The molecule has 0 fully saturated rings. The second-order valence-electron chi connectivity index (χ2n) is 6.07. The number of carbonyl (C=O) groups excluding carboxylic acids is 1. The minimum absolute atomic E-state index is 0.132. The molecule has 1 amide bonds. The van der Waals surface area contributed by atoms with E-state index in [0.29, 0.717) is 17.0 Å². The number of para-hydroxylation sites is 1. The number of aryl methyl sites for hydroxylation is 1. The second kappa shape index (κ2) is 6.81. The van der Waals surface area contributed by atoms with Crippen LogP contribution < -0.4 is 10.5 Å². The Labute approximate surface area is 146 Å². The van der Waals surface area contributed by atoms with Crippen LogP contribution in [-0.4, -0.2) is 16.8 Å². The van der Waals surface area contributed by atoms with Gasteiger partial charge in [-0.05, 0) is 38.5 Å². The zero-order valence-corrected chi connectivity index (χ0v) is 14.5. The number of amides is 1. The maximum Gasteiger partial charge on any atom is 0.365 e. The lowest BCUT2D eigenvalue weighted by molar-refractivity contribution is 0.210. The molecule has 0 spiro atoms. The maximum absolute atomic E-state index is 13.0. The van der Waals surface area contributed by atoms with Crippen molar-refractivity contribution in [1.29, 1.82) is 0 Å². The number of rotatable bonds is 3. The molecule has 3 aromatic rings. The van der Waals surface area contributed by atoms with Crippen molar-refractivity contribution in [2.24, 2.45) is 0 Å². The third kappa shape index (κ3) is 3.13. The first-order valence-electron chi connectivity index (χ1n) is 8.17. The van der Waals surface area contributed by atoms with Crippen molar-refractivity contribution < 1.29 is 9.32 Å². The molecule has 25 heavy (non-hydrogen) atoms. The molecular weight excluding hydrogens is 316 g/mol. The van der Waals surface area contributed by atoms with Gasteiger partial charge >= 0.3 is 6.03 Å². The molecule has 5 heteroatoms. The Balaban J connectivity index is 2.07. The topological polar surface area (TPSA) is 55.5 Å². The monoisotopic (exact) mass is 336 g/mol. The van der Waals surface area contributed by atoms with Crippen LogP contribution >= 0.6 is 0 Å². The summed E-state index contributed by atoms with van der Waals surface area (Å²) in [4.78, 5) is 27.4. The number of anilines is 1. The van der Waals surface area contributed by atoms with Gasteiger partial charge in [0.15, 0.2) is 0 Å². The number of benzene rings is 2. The van der Waals surface area contributed by atoms with Gasteiger partial charge in [0.2, 0.25) is 0 Å². The van der Waals surface area contributed by atoms with Gasteiger partial charge in [0.1, 0.15) is 5.76 Å². The second-order valence-corrected chi connectivity index (χ2v) is 6.07. The van der Waals surface area contributed by atoms with E-state index in [1.807, 2.05) is 74.5 Å². The fourth-order valence-corrected chi connectivity index (χ4v) is 2.85. The Morgan fingerprint density at radius 1 is 1.00 bits per heavy atom. The van der Waals surface area contributed by atoms with E-state index in [4.69, 9.17) is 4.52 Å².